The molecule has 4 N–H and O–H groups in total. The second-order valence-corrected chi connectivity index (χ2v) is 10.00. The zero-order valence-electron chi connectivity index (χ0n) is 18.7. The van der Waals surface area contributed by atoms with Gasteiger partial charge >= 0.3 is 0 Å². The van der Waals surface area contributed by atoms with Gasteiger partial charge in [-0.25, -0.2) is 0 Å². The number of hydrogen-bond donors (Lipinski definition) is 4. The minimum atomic E-state index is -1.21. The van der Waals surface area contributed by atoms with Gasteiger partial charge in [0.1, 0.15) is 18.2 Å². The maximum absolute atomic E-state index is 13.2. The largest absolute Gasteiger partial charge is 0.383 e. The maximum atomic E-state index is 13.2. The smallest absolute Gasteiger partial charge is 0.249 e. The van der Waals surface area contributed by atoms with E-state index in [0.29, 0.717) is 16.3 Å². The number of thioether (sulfide) groups is 1. The number of hydrogen-bond acceptors (Lipinski definition) is 5. The first-order valence-electron chi connectivity index (χ1n) is 10.8. The van der Waals surface area contributed by atoms with Crippen molar-refractivity contribution in [1.82, 2.24) is 10.6 Å². The van der Waals surface area contributed by atoms with Crippen LogP contribution in [-0.4, -0.2) is 41.0 Å². The number of halogens is 1. The third kappa shape index (κ3) is 6.28. The molecular formula is C24H28ClN3O4S. The lowest BCUT2D eigenvalue weighted by molar-refractivity contribution is -0.134. The number of aliphatic hydroxyl groups is 1. The van der Waals surface area contributed by atoms with E-state index in [9.17, 15) is 19.5 Å². The van der Waals surface area contributed by atoms with E-state index in [1.165, 1.54) is 18.7 Å². The molecule has 0 saturated heterocycles. The molecule has 7 nitrogen and oxygen atoms in total. The van der Waals surface area contributed by atoms with Crippen LogP contribution in [0.4, 0.5) is 5.69 Å². The van der Waals surface area contributed by atoms with Crippen LogP contribution in [0.3, 0.4) is 0 Å². The number of anilines is 1. The van der Waals surface area contributed by atoms with Gasteiger partial charge in [-0.1, -0.05) is 55.8 Å². The fraction of sp³-hybridized carbons (Fsp3) is 0.375. The predicted octanol–water partition coefficient (Wildman–Crippen LogP) is 3.52. The van der Waals surface area contributed by atoms with Crippen molar-refractivity contribution in [2.24, 2.45) is 5.92 Å². The summed E-state index contributed by atoms with van der Waals surface area (Å²) in [6.07, 6.45) is -0.920. The second kappa shape index (κ2) is 11.0. The quantitative estimate of drug-likeness (QED) is 0.476. The lowest BCUT2D eigenvalue weighted by Gasteiger charge is -2.27. The first-order valence-corrected chi connectivity index (χ1v) is 12.0. The summed E-state index contributed by atoms with van der Waals surface area (Å²) in [5, 5.41) is 18.2. The van der Waals surface area contributed by atoms with E-state index in [1.54, 1.807) is 18.2 Å². The Morgan fingerprint density at radius 2 is 1.76 bits per heavy atom. The van der Waals surface area contributed by atoms with Crippen LogP contribution in [0.1, 0.15) is 38.0 Å². The van der Waals surface area contributed by atoms with Crippen molar-refractivity contribution in [3.8, 4) is 0 Å². The number of carbonyl (C=O) groups is 3. The van der Waals surface area contributed by atoms with Crippen molar-refractivity contribution in [3.05, 3.63) is 59.1 Å². The SMILES string of the molecule is CC(C)C[C@H](O)C(=O)N[C@@H](C)C(=O)N[C@@H]1C(=O)Nc2ccccc2S[C@@H]1c1ccccc1Cl. The number of benzene rings is 2. The topological polar surface area (TPSA) is 108 Å². The third-order valence-corrected chi connectivity index (χ3v) is 6.98. The molecule has 3 amide bonds. The highest BCUT2D eigenvalue weighted by Crippen LogP contribution is 2.45. The minimum Gasteiger partial charge on any atom is -0.383 e. The molecule has 0 radical (unpaired) electrons. The van der Waals surface area contributed by atoms with Gasteiger partial charge in [0.05, 0.1) is 10.9 Å². The zero-order valence-corrected chi connectivity index (χ0v) is 20.2. The van der Waals surface area contributed by atoms with Crippen molar-refractivity contribution in [2.75, 3.05) is 5.32 Å². The van der Waals surface area contributed by atoms with Gasteiger partial charge in [-0.3, -0.25) is 14.4 Å². The Hall–Kier alpha value is -2.55. The highest BCUT2D eigenvalue weighted by molar-refractivity contribution is 7.99. The first-order chi connectivity index (χ1) is 15.7. The summed E-state index contributed by atoms with van der Waals surface area (Å²) in [5.74, 6) is -1.42. The number of carbonyl (C=O) groups excluding carboxylic acids is 3. The third-order valence-electron chi connectivity index (χ3n) is 5.24. The molecule has 0 saturated carbocycles. The molecule has 1 aliphatic rings. The number of nitrogens with one attached hydrogen (secondary N) is 3. The predicted molar refractivity (Wildman–Crippen MR) is 130 cm³/mol. The Morgan fingerprint density at radius 3 is 2.45 bits per heavy atom. The lowest BCUT2D eigenvalue weighted by Crippen LogP contribution is -2.54. The van der Waals surface area contributed by atoms with Gasteiger partial charge in [-0.15, -0.1) is 11.8 Å². The van der Waals surface area contributed by atoms with Crippen LogP contribution in [0.2, 0.25) is 5.02 Å². The van der Waals surface area contributed by atoms with Crippen LogP contribution >= 0.6 is 23.4 Å². The molecule has 2 aromatic carbocycles. The van der Waals surface area contributed by atoms with E-state index in [1.807, 2.05) is 44.2 Å². The van der Waals surface area contributed by atoms with Crippen LogP contribution in [0, 0.1) is 5.92 Å². The number of rotatable bonds is 7. The number of fused-ring (bicyclic) bond motifs is 1. The molecule has 0 fully saturated rings. The summed E-state index contributed by atoms with van der Waals surface area (Å²) in [6, 6.07) is 12.7. The molecule has 3 rings (SSSR count). The zero-order chi connectivity index (χ0) is 24.1. The van der Waals surface area contributed by atoms with Crippen LogP contribution in [0.5, 0.6) is 0 Å². The maximum Gasteiger partial charge on any atom is 0.249 e. The van der Waals surface area contributed by atoms with E-state index in [0.717, 1.165) is 4.90 Å². The molecule has 33 heavy (non-hydrogen) atoms. The van der Waals surface area contributed by atoms with E-state index in [-0.39, 0.29) is 18.2 Å². The van der Waals surface area contributed by atoms with Gasteiger partial charge in [0.25, 0.3) is 0 Å². The van der Waals surface area contributed by atoms with E-state index in [2.05, 4.69) is 16.0 Å². The minimum absolute atomic E-state index is 0.125. The summed E-state index contributed by atoms with van der Waals surface area (Å²) in [7, 11) is 0. The highest BCUT2D eigenvalue weighted by atomic mass is 35.5. The van der Waals surface area contributed by atoms with Crippen LogP contribution in [0.15, 0.2) is 53.4 Å². The average molecular weight is 490 g/mol. The monoisotopic (exact) mass is 489 g/mol. The van der Waals surface area contributed by atoms with Gasteiger partial charge in [0.2, 0.25) is 17.7 Å². The second-order valence-electron chi connectivity index (χ2n) is 8.41. The molecular weight excluding hydrogens is 462 g/mol. The normalized spacial score (nSPS) is 19.6. The number of aliphatic hydroxyl groups excluding tert-OH is 1. The lowest BCUT2D eigenvalue weighted by atomic mass is 10.0. The summed E-state index contributed by atoms with van der Waals surface area (Å²) in [4.78, 5) is 39.2. The molecule has 9 heteroatoms. The molecule has 0 aliphatic carbocycles. The van der Waals surface area contributed by atoms with Gasteiger partial charge in [-0.2, -0.15) is 0 Å². The van der Waals surface area contributed by atoms with Crippen LogP contribution < -0.4 is 16.0 Å². The standard InChI is InChI=1S/C24H28ClN3O4S/c1-13(2)12-18(29)23(31)26-14(3)22(30)28-20-21(15-8-4-5-9-16(15)25)33-19-11-7-6-10-17(19)27-24(20)32/h4-11,13-14,18,20-21,29H,12H2,1-3H3,(H,26,31)(H,27,32)(H,28,30)/t14-,18-,20-,21+/m0/s1. The van der Waals surface area contributed by atoms with Crippen molar-refractivity contribution in [1.29, 1.82) is 0 Å². The highest BCUT2D eigenvalue weighted by Gasteiger charge is 2.37. The molecule has 4 atom stereocenters. The van der Waals surface area contributed by atoms with Crippen molar-refractivity contribution < 1.29 is 19.5 Å². The molecule has 0 aromatic heterocycles. The summed E-state index contributed by atoms with van der Waals surface area (Å²) in [6.45, 7) is 5.29. The Bertz CT molecular complexity index is 1030. The summed E-state index contributed by atoms with van der Waals surface area (Å²) in [5.41, 5.74) is 1.37. The summed E-state index contributed by atoms with van der Waals surface area (Å²) >= 11 is 7.88. The molecule has 0 unspecified atom stereocenters. The van der Waals surface area contributed by atoms with Crippen molar-refractivity contribution >= 4 is 46.8 Å². The first kappa shape index (κ1) is 25.1. The summed E-state index contributed by atoms with van der Waals surface area (Å²) < 4.78 is 0. The Kier molecular flexibility index (Phi) is 8.40. The van der Waals surface area contributed by atoms with E-state index >= 15 is 0 Å². The molecule has 1 heterocycles. The Balaban J connectivity index is 1.83. The molecule has 176 valence electrons. The number of para-hydroxylation sites is 1. The van der Waals surface area contributed by atoms with Crippen molar-refractivity contribution in [3.63, 3.8) is 0 Å². The van der Waals surface area contributed by atoms with E-state index < -0.39 is 35.3 Å². The molecule has 0 spiro atoms. The van der Waals surface area contributed by atoms with Crippen molar-refractivity contribution in [2.45, 2.75) is 55.5 Å². The fourth-order valence-corrected chi connectivity index (χ4v) is 5.18. The fourth-order valence-electron chi connectivity index (χ4n) is 3.52. The van der Waals surface area contributed by atoms with Gasteiger partial charge < -0.3 is 21.1 Å². The number of amides is 3. The average Bonchev–Trinajstić information content (AvgIpc) is 2.89. The Morgan fingerprint density at radius 1 is 1.09 bits per heavy atom. The Labute approximate surface area is 202 Å². The van der Waals surface area contributed by atoms with Gasteiger partial charge in [-0.05, 0) is 43.0 Å². The van der Waals surface area contributed by atoms with Gasteiger partial charge in [0.15, 0.2) is 0 Å². The van der Waals surface area contributed by atoms with Crippen LogP contribution in [0.25, 0.3) is 0 Å². The molecule has 0 bridgehead atoms. The molecule has 2 aromatic rings. The van der Waals surface area contributed by atoms with Crippen LogP contribution in [-0.2, 0) is 14.4 Å². The molecule has 1 aliphatic heterocycles. The van der Waals surface area contributed by atoms with Gasteiger partial charge in [0, 0.05) is 9.92 Å². The van der Waals surface area contributed by atoms with E-state index in [4.69, 9.17) is 11.6 Å².